The van der Waals surface area contributed by atoms with E-state index in [9.17, 15) is 4.79 Å². The van der Waals surface area contributed by atoms with Crippen molar-refractivity contribution >= 4 is 22.9 Å². The van der Waals surface area contributed by atoms with Gasteiger partial charge in [-0.3, -0.25) is 0 Å². The van der Waals surface area contributed by atoms with Crippen LogP contribution in [0.2, 0.25) is 0 Å². The van der Waals surface area contributed by atoms with Crippen LogP contribution in [0.3, 0.4) is 0 Å². The van der Waals surface area contributed by atoms with Crippen LogP contribution in [0.1, 0.15) is 18.1 Å². The number of carboxylic acids is 1. The smallest absolute Gasteiger partial charge is 0.328 e. The van der Waals surface area contributed by atoms with Gasteiger partial charge in [0.05, 0.1) is 0 Å². The Morgan fingerprint density at radius 2 is 2.31 bits per heavy atom. The molecule has 1 aromatic carbocycles. The summed E-state index contributed by atoms with van der Waals surface area (Å²) in [5.74, 6) is -0.930. The van der Waals surface area contributed by atoms with Crippen molar-refractivity contribution in [3.05, 3.63) is 41.6 Å². The first-order valence-corrected chi connectivity index (χ1v) is 5.21. The molecule has 0 amide bonds. The predicted molar refractivity (Wildman–Crippen MR) is 64.3 cm³/mol. The number of nitrogens with one attached hydrogen (secondary N) is 1. The highest BCUT2D eigenvalue weighted by Crippen LogP contribution is 2.21. The molecule has 2 aromatic rings. The molecule has 0 radical (unpaired) electrons. The molecular formula is C13H13NO2. The molecule has 3 nitrogen and oxygen atoms in total. The Balaban J connectivity index is 2.49. The van der Waals surface area contributed by atoms with E-state index >= 15 is 0 Å². The van der Waals surface area contributed by atoms with Gasteiger partial charge >= 0.3 is 5.97 Å². The molecule has 0 fully saturated rings. The summed E-state index contributed by atoms with van der Waals surface area (Å²) in [6.45, 7) is 2.10. The molecular weight excluding hydrogens is 202 g/mol. The number of aromatic amines is 1. The average molecular weight is 215 g/mol. The summed E-state index contributed by atoms with van der Waals surface area (Å²) in [5, 5.41) is 9.65. The second-order valence-electron chi connectivity index (χ2n) is 3.65. The highest BCUT2D eigenvalue weighted by atomic mass is 16.4. The summed E-state index contributed by atoms with van der Waals surface area (Å²) < 4.78 is 0. The molecule has 0 saturated carbocycles. The summed E-state index contributed by atoms with van der Waals surface area (Å²) in [6.07, 6.45) is 5.56. The van der Waals surface area contributed by atoms with E-state index in [4.69, 9.17) is 5.11 Å². The number of H-pyrrole nitrogens is 1. The van der Waals surface area contributed by atoms with E-state index in [1.807, 2.05) is 12.3 Å². The number of aromatic nitrogens is 1. The second kappa shape index (κ2) is 4.23. The van der Waals surface area contributed by atoms with Gasteiger partial charge in [-0.15, -0.1) is 0 Å². The third kappa shape index (κ3) is 1.98. The molecule has 1 heterocycles. The summed E-state index contributed by atoms with van der Waals surface area (Å²) in [4.78, 5) is 13.6. The number of aryl methyl sites for hydroxylation is 1. The molecule has 16 heavy (non-hydrogen) atoms. The largest absolute Gasteiger partial charge is 0.478 e. The standard InChI is InChI=1S/C13H13NO2/c1-2-9-3-5-12-11(7-9)10(8-14-12)4-6-13(15)16/h3-8,14H,2H2,1H3,(H,15,16)/b6-4+. The maximum atomic E-state index is 10.5. The molecule has 1 aromatic heterocycles. The van der Waals surface area contributed by atoms with Gasteiger partial charge in [-0.1, -0.05) is 13.0 Å². The van der Waals surface area contributed by atoms with E-state index in [2.05, 4.69) is 24.0 Å². The minimum Gasteiger partial charge on any atom is -0.478 e. The fourth-order valence-corrected chi connectivity index (χ4v) is 1.71. The number of fused-ring (bicyclic) bond motifs is 1. The Bertz CT molecular complexity index is 552. The number of carboxylic acid groups (broad SMARTS) is 1. The molecule has 0 unspecified atom stereocenters. The summed E-state index contributed by atoms with van der Waals surface area (Å²) in [5.41, 5.74) is 3.19. The van der Waals surface area contributed by atoms with Gasteiger partial charge in [0, 0.05) is 28.7 Å². The van der Waals surface area contributed by atoms with E-state index in [-0.39, 0.29) is 0 Å². The van der Waals surface area contributed by atoms with E-state index < -0.39 is 5.97 Å². The first-order valence-electron chi connectivity index (χ1n) is 5.21. The fraction of sp³-hybridized carbons (Fsp3) is 0.154. The number of rotatable bonds is 3. The minimum atomic E-state index is -0.930. The van der Waals surface area contributed by atoms with Gasteiger partial charge < -0.3 is 10.1 Å². The van der Waals surface area contributed by atoms with E-state index in [1.54, 1.807) is 6.08 Å². The lowest BCUT2D eigenvalue weighted by atomic mass is 10.1. The molecule has 3 heteroatoms. The van der Waals surface area contributed by atoms with Crippen molar-refractivity contribution in [1.29, 1.82) is 0 Å². The summed E-state index contributed by atoms with van der Waals surface area (Å²) in [7, 11) is 0. The zero-order chi connectivity index (χ0) is 11.5. The highest BCUT2D eigenvalue weighted by Gasteiger charge is 2.01. The van der Waals surface area contributed by atoms with Crippen LogP contribution in [0.5, 0.6) is 0 Å². The van der Waals surface area contributed by atoms with Gasteiger partial charge in [0.1, 0.15) is 0 Å². The van der Waals surface area contributed by atoms with Gasteiger partial charge in [0.2, 0.25) is 0 Å². The maximum Gasteiger partial charge on any atom is 0.328 e. The molecule has 0 aliphatic carbocycles. The van der Waals surface area contributed by atoms with Crippen LogP contribution in [0.25, 0.3) is 17.0 Å². The molecule has 82 valence electrons. The number of hydrogen-bond donors (Lipinski definition) is 2. The first-order chi connectivity index (χ1) is 7.70. The van der Waals surface area contributed by atoms with Crippen LogP contribution < -0.4 is 0 Å². The molecule has 0 saturated heterocycles. The lowest BCUT2D eigenvalue weighted by Gasteiger charge is -1.97. The van der Waals surface area contributed by atoms with E-state index in [0.717, 1.165) is 29.0 Å². The van der Waals surface area contributed by atoms with Crippen LogP contribution >= 0.6 is 0 Å². The predicted octanol–water partition coefficient (Wildman–Crippen LogP) is 2.83. The lowest BCUT2D eigenvalue weighted by Crippen LogP contribution is -1.85. The van der Waals surface area contributed by atoms with Gasteiger partial charge in [-0.25, -0.2) is 4.79 Å². The third-order valence-electron chi connectivity index (χ3n) is 2.59. The molecule has 2 N–H and O–H groups in total. The number of aliphatic carboxylic acids is 1. The van der Waals surface area contributed by atoms with Crippen molar-refractivity contribution in [3.63, 3.8) is 0 Å². The monoisotopic (exact) mass is 215 g/mol. The Kier molecular flexibility index (Phi) is 2.77. The molecule has 0 aliphatic heterocycles. The fourth-order valence-electron chi connectivity index (χ4n) is 1.71. The van der Waals surface area contributed by atoms with Crippen molar-refractivity contribution in [2.45, 2.75) is 13.3 Å². The average Bonchev–Trinajstić information content (AvgIpc) is 2.68. The van der Waals surface area contributed by atoms with Gasteiger partial charge in [0.15, 0.2) is 0 Å². The van der Waals surface area contributed by atoms with Crippen LogP contribution in [0.15, 0.2) is 30.5 Å². The van der Waals surface area contributed by atoms with E-state index in [1.165, 1.54) is 5.56 Å². The molecule has 0 bridgehead atoms. The van der Waals surface area contributed by atoms with Crippen LogP contribution in [-0.2, 0) is 11.2 Å². The Hall–Kier alpha value is -2.03. The Labute approximate surface area is 93.4 Å². The number of benzene rings is 1. The Morgan fingerprint density at radius 3 is 3.00 bits per heavy atom. The Morgan fingerprint density at radius 1 is 1.50 bits per heavy atom. The van der Waals surface area contributed by atoms with Crippen LogP contribution in [-0.4, -0.2) is 16.1 Å². The van der Waals surface area contributed by atoms with Crippen LogP contribution in [0, 0.1) is 0 Å². The number of hydrogen-bond acceptors (Lipinski definition) is 1. The van der Waals surface area contributed by atoms with Gasteiger partial charge in [-0.05, 0) is 30.2 Å². The summed E-state index contributed by atoms with van der Waals surface area (Å²) in [6, 6.07) is 6.18. The first kappa shape index (κ1) is 10.5. The minimum absolute atomic E-state index is 0.910. The van der Waals surface area contributed by atoms with Crippen molar-refractivity contribution in [2.75, 3.05) is 0 Å². The van der Waals surface area contributed by atoms with Crippen molar-refractivity contribution in [3.8, 4) is 0 Å². The maximum absolute atomic E-state index is 10.5. The van der Waals surface area contributed by atoms with E-state index in [0.29, 0.717) is 0 Å². The third-order valence-corrected chi connectivity index (χ3v) is 2.59. The molecule has 0 spiro atoms. The van der Waals surface area contributed by atoms with Gasteiger partial charge in [0.25, 0.3) is 0 Å². The quantitative estimate of drug-likeness (QED) is 0.773. The molecule has 0 atom stereocenters. The van der Waals surface area contributed by atoms with Crippen molar-refractivity contribution in [1.82, 2.24) is 4.98 Å². The van der Waals surface area contributed by atoms with Gasteiger partial charge in [-0.2, -0.15) is 0 Å². The lowest BCUT2D eigenvalue weighted by molar-refractivity contribution is -0.131. The molecule has 2 rings (SSSR count). The SMILES string of the molecule is CCc1ccc2[nH]cc(/C=C/C(=O)O)c2c1. The van der Waals surface area contributed by atoms with Crippen LogP contribution in [0.4, 0.5) is 0 Å². The van der Waals surface area contributed by atoms with Crippen molar-refractivity contribution in [2.24, 2.45) is 0 Å². The van der Waals surface area contributed by atoms with Crippen molar-refractivity contribution < 1.29 is 9.90 Å². The highest BCUT2D eigenvalue weighted by molar-refractivity contribution is 5.93. The second-order valence-corrected chi connectivity index (χ2v) is 3.65. The topological polar surface area (TPSA) is 53.1 Å². The zero-order valence-corrected chi connectivity index (χ0v) is 9.03. The zero-order valence-electron chi connectivity index (χ0n) is 9.03. The number of carbonyl (C=O) groups is 1. The molecule has 0 aliphatic rings. The normalized spacial score (nSPS) is 11.3. The summed E-state index contributed by atoms with van der Waals surface area (Å²) >= 11 is 0.